The van der Waals surface area contributed by atoms with Gasteiger partial charge in [0.25, 0.3) is 5.91 Å². The summed E-state index contributed by atoms with van der Waals surface area (Å²) in [4.78, 5) is 14.2. The molecule has 0 saturated carbocycles. The number of benzene rings is 1. The predicted octanol–water partition coefficient (Wildman–Crippen LogP) is 1.94. The topological polar surface area (TPSA) is 41.6 Å². The fraction of sp³-hybridized carbons (Fsp3) is 0.533. The van der Waals surface area contributed by atoms with Gasteiger partial charge in [0, 0.05) is 19.2 Å². The fourth-order valence-electron chi connectivity index (χ4n) is 3.19. The second-order valence-electron chi connectivity index (χ2n) is 5.56. The molecule has 0 aliphatic carbocycles. The number of likely N-dealkylation sites (tertiary alicyclic amines) is 1. The van der Waals surface area contributed by atoms with E-state index in [4.69, 9.17) is 4.74 Å². The monoisotopic (exact) mass is 314 g/mol. The van der Waals surface area contributed by atoms with Crippen molar-refractivity contribution in [3.63, 3.8) is 0 Å². The van der Waals surface area contributed by atoms with Crippen LogP contribution >= 0.6 is 12.4 Å². The number of fused-ring (bicyclic) bond motifs is 1. The SMILES string of the molecule is COc1ccc(C(=O)N2CCC3CNCC3C2)c(F)c1.Cl. The summed E-state index contributed by atoms with van der Waals surface area (Å²) < 4.78 is 18.9. The molecule has 2 heterocycles. The van der Waals surface area contributed by atoms with E-state index in [0.717, 1.165) is 26.1 Å². The number of piperidine rings is 1. The molecule has 2 unspecified atom stereocenters. The van der Waals surface area contributed by atoms with E-state index in [1.54, 1.807) is 11.0 Å². The number of hydrogen-bond acceptors (Lipinski definition) is 3. The summed E-state index contributed by atoms with van der Waals surface area (Å²) in [5, 5.41) is 3.36. The average Bonchev–Trinajstić information content (AvgIpc) is 2.93. The third-order valence-electron chi connectivity index (χ3n) is 4.40. The van der Waals surface area contributed by atoms with Crippen molar-refractivity contribution in [2.24, 2.45) is 11.8 Å². The minimum Gasteiger partial charge on any atom is -0.497 e. The third-order valence-corrected chi connectivity index (χ3v) is 4.40. The summed E-state index contributed by atoms with van der Waals surface area (Å²) in [7, 11) is 1.48. The first-order valence-corrected chi connectivity index (χ1v) is 7.02. The van der Waals surface area contributed by atoms with Gasteiger partial charge in [-0.15, -0.1) is 12.4 Å². The Morgan fingerprint density at radius 1 is 1.38 bits per heavy atom. The molecule has 2 saturated heterocycles. The number of carbonyl (C=O) groups excluding carboxylic acids is 1. The van der Waals surface area contributed by atoms with Gasteiger partial charge in [-0.25, -0.2) is 4.39 Å². The van der Waals surface area contributed by atoms with Gasteiger partial charge in [-0.2, -0.15) is 0 Å². The molecule has 1 N–H and O–H groups in total. The van der Waals surface area contributed by atoms with Crippen LogP contribution in [-0.4, -0.2) is 44.1 Å². The van der Waals surface area contributed by atoms with Gasteiger partial charge in [0.05, 0.1) is 12.7 Å². The largest absolute Gasteiger partial charge is 0.497 e. The highest BCUT2D eigenvalue weighted by Gasteiger charge is 2.35. The summed E-state index contributed by atoms with van der Waals surface area (Å²) >= 11 is 0. The fourth-order valence-corrected chi connectivity index (χ4v) is 3.19. The quantitative estimate of drug-likeness (QED) is 0.907. The Morgan fingerprint density at radius 3 is 2.86 bits per heavy atom. The van der Waals surface area contributed by atoms with E-state index in [2.05, 4.69) is 5.32 Å². The molecule has 1 aromatic carbocycles. The minimum atomic E-state index is -0.513. The smallest absolute Gasteiger partial charge is 0.256 e. The van der Waals surface area contributed by atoms with Gasteiger partial charge in [-0.3, -0.25) is 4.79 Å². The first kappa shape index (κ1) is 16.0. The average molecular weight is 315 g/mol. The molecular formula is C15H20ClFN2O2. The van der Waals surface area contributed by atoms with Gasteiger partial charge >= 0.3 is 0 Å². The second-order valence-corrected chi connectivity index (χ2v) is 5.56. The van der Waals surface area contributed by atoms with Gasteiger partial charge in [0.15, 0.2) is 0 Å². The number of carbonyl (C=O) groups is 1. The molecule has 2 atom stereocenters. The van der Waals surface area contributed by atoms with Crippen LogP contribution in [-0.2, 0) is 0 Å². The molecule has 2 aliphatic rings. The van der Waals surface area contributed by atoms with E-state index >= 15 is 0 Å². The van der Waals surface area contributed by atoms with E-state index in [-0.39, 0.29) is 23.9 Å². The number of nitrogens with one attached hydrogen (secondary N) is 1. The lowest BCUT2D eigenvalue weighted by molar-refractivity contribution is 0.0638. The van der Waals surface area contributed by atoms with Crippen LogP contribution in [0.5, 0.6) is 5.75 Å². The molecule has 21 heavy (non-hydrogen) atoms. The van der Waals surface area contributed by atoms with Crippen LogP contribution < -0.4 is 10.1 Å². The Hall–Kier alpha value is -1.33. The maximum atomic E-state index is 14.0. The van der Waals surface area contributed by atoms with Crippen molar-refractivity contribution in [2.75, 3.05) is 33.3 Å². The Bertz CT molecular complexity index is 526. The third kappa shape index (κ3) is 3.14. The number of hydrogen-bond donors (Lipinski definition) is 1. The number of nitrogens with zero attached hydrogens (tertiary/aromatic N) is 1. The van der Waals surface area contributed by atoms with Crippen LogP contribution in [0, 0.1) is 17.7 Å². The van der Waals surface area contributed by atoms with E-state index in [1.165, 1.54) is 19.2 Å². The molecule has 0 spiro atoms. The van der Waals surface area contributed by atoms with Gasteiger partial charge in [-0.1, -0.05) is 0 Å². The zero-order chi connectivity index (χ0) is 14.1. The van der Waals surface area contributed by atoms with Crippen LogP contribution in [0.4, 0.5) is 4.39 Å². The van der Waals surface area contributed by atoms with Crippen molar-refractivity contribution in [3.05, 3.63) is 29.6 Å². The van der Waals surface area contributed by atoms with Crippen molar-refractivity contribution in [2.45, 2.75) is 6.42 Å². The van der Waals surface area contributed by atoms with Gasteiger partial charge < -0.3 is 15.0 Å². The van der Waals surface area contributed by atoms with E-state index in [1.807, 2.05) is 0 Å². The van der Waals surface area contributed by atoms with E-state index < -0.39 is 5.82 Å². The van der Waals surface area contributed by atoms with Crippen molar-refractivity contribution in [1.29, 1.82) is 0 Å². The van der Waals surface area contributed by atoms with E-state index in [9.17, 15) is 9.18 Å². The molecule has 2 aliphatic heterocycles. The van der Waals surface area contributed by atoms with Crippen LogP contribution in [0.1, 0.15) is 16.8 Å². The van der Waals surface area contributed by atoms with Crippen molar-refractivity contribution in [1.82, 2.24) is 10.2 Å². The Balaban J connectivity index is 0.00000161. The van der Waals surface area contributed by atoms with Crippen LogP contribution in [0.2, 0.25) is 0 Å². The van der Waals surface area contributed by atoms with Crippen LogP contribution in [0.3, 0.4) is 0 Å². The van der Waals surface area contributed by atoms with Crippen molar-refractivity contribution in [3.8, 4) is 5.75 Å². The first-order chi connectivity index (χ1) is 9.69. The summed E-state index contributed by atoms with van der Waals surface area (Å²) in [6.07, 6.45) is 1.00. The van der Waals surface area contributed by atoms with Crippen LogP contribution in [0.25, 0.3) is 0 Å². The highest BCUT2D eigenvalue weighted by atomic mass is 35.5. The molecule has 6 heteroatoms. The predicted molar refractivity (Wildman–Crippen MR) is 80.6 cm³/mol. The Kier molecular flexibility index (Phi) is 5.06. The second kappa shape index (κ2) is 6.62. The highest BCUT2D eigenvalue weighted by molar-refractivity contribution is 5.94. The first-order valence-electron chi connectivity index (χ1n) is 7.02. The van der Waals surface area contributed by atoms with Gasteiger partial charge in [0.2, 0.25) is 0 Å². The number of amides is 1. The molecular weight excluding hydrogens is 295 g/mol. The lowest BCUT2D eigenvalue weighted by atomic mass is 9.88. The summed E-state index contributed by atoms with van der Waals surface area (Å²) in [6.45, 7) is 3.44. The maximum Gasteiger partial charge on any atom is 0.256 e. The van der Waals surface area contributed by atoms with Crippen molar-refractivity contribution < 1.29 is 13.9 Å². The lowest BCUT2D eigenvalue weighted by Crippen LogP contribution is -2.43. The van der Waals surface area contributed by atoms with E-state index in [0.29, 0.717) is 24.1 Å². The lowest BCUT2D eigenvalue weighted by Gasteiger charge is -2.34. The number of halogens is 2. The molecule has 116 valence electrons. The number of rotatable bonds is 2. The molecule has 1 amide bonds. The van der Waals surface area contributed by atoms with Crippen molar-refractivity contribution >= 4 is 18.3 Å². The Morgan fingerprint density at radius 2 is 2.14 bits per heavy atom. The molecule has 0 radical (unpaired) electrons. The molecule has 0 aromatic heterocycles. The summed E-state index contributed by atoms with van der Waals surface area (Å²) in [5.41, 5.74) is 0.134. The summed E-state index contributed by atoms with van der Waals surface area (Å²) in [5.74, 6) is 0.878. The normalized spacial score (nSPS) is 24.2. The number of ether oxygens (including phenoxy) is 1. The van der Waals surface area contributed by atoms with Gasteiger partial charge in [0.1, 0.15) is 11.6 Å². The number of methoxy groups -OCH3 is 1. The summed E-state index contributed by atoms with van der Waals surface area (Å²) in [6, 6.07) is 4.40. The highest BCUT2D eigenvalue weighted by Crippen LogP contribution is 2.28. The standard InChI is InChI=1S/C15H19FN2O2.ClH/c1-20-12-2-3-13(14(16)6-12)15(19)18-5-4-10-7-17-8-11(10)9-18;/h2-3,6,10-11,17H,4-5,7-9H2,1H3;1H. The molecule has 1 aromatic rings. The minimum absolute atomic E-state index is 0. The van der Waals surface area contributed by atoms with Gasteiger partial charge in [-0.05, 0) is 43.5 Å². The molecule has 3 rings (SSSR count). The zero-order valence-corrected chi connectivity index (χ0v) is 12.8. The molecule has 0 bridgehead atoms. The molecule has 4 nitrogen and oxygen atoms in total. The maximum absolute atomic E-state index is 14.0. The van der Waals surface area contributed by atoms with Crippen LogP contribution in [0.15, 0.2) is 18.2 Å². The Labute approximate surface area is 130 Å². The zero-order valence-electron chi connectivity index (χ0n) is 12.0. The molecule has 2 fully saturated rings.